The monoisotopic (exact) mass is 290 g/mol. The number of nitrogens with zero attached hydrogens (tertiary/aromatic N) is 1. The molecule has 2 N–H and O–H groups in total. The molecule has 1 heterocycles. The molecule has 7 heteroatoms. The summed E-state index contributed by atoms with van der Waals surface area (Å²) in [5.41, 5.74) is 0.840. The summed E-state index contributed by atoms with van der Waals surface area (Å²) >= 11 is 0. The minimum Gasteiger partial charge on any atom is -0.496 e. The average molecular weight is 290 g/mol. The van der Waals surface area contributed by atoms with Gasteiger partial charge in [0.2, 0.25) is 0 Å². The Bertz CT molecular complexity index is 655. The predicted octanol–water partition coefficient (Wildman–Crippen LogP) is 2.14. The van der Waals surface area contributed by atoms with Crippen LogP contribution in [-0.4, -0.2) is 29.2 Å². The van der Waals surface area contributed by atoms with Crippen LogP contribution in [-0.2, 0) is 4.79 Å². The van der Waals surface area contributed by atoms with Gasteiger partial charge in [-0.2, -0.15) is 0 Å². The van der Waals surface area contributed by atoms with Gasteiger partial charge in [-0.1, -0.05) is 12.2 Å². The first-order chi connectivity index (χ1) is 10.0. The van der Waals surface area contributed by atoms with Gasteiger partial charge < -0.3 is 15.2 Å². The number of nitrogens with one attached hydrogen (secondary N) is 1. The number of nitro benzene ring substituents is 1. The number of benzene rings is 1. The molecule has 0 saturated heterocycles. The van der Waals surface area contributed by atoms with Crippen molar-refractivity contribution in [2.75, 3.05) is 12.4 Å². The molecule has 0 aromatic heterocycles. The average Bonchev–Trinajstić information content (AvgIpc) is 2.94. The van der Waals surface area contributed by atoms with Crippen molar-refractivity contribution in [2.24, 2.45) is 5.92 Å². The molecule has 1 aromatic carbocycles. The van der Waals surface area contributed by atoms with Crippen LogP contribution in [0, 0.1) is 16.0 Å². The highest BCUT2D eigenvalue weighted by Gasteiger charge is 2.43. The van der Waals surface area contributed by atoms with Gasteiger partial charge >= 0.3 is 5.97 Å². The summed E-state index contributed by atoms with van der Waals surface area (Å²) in [7, 11) is 1.45. The van der Waals surface area contributed by atoms with E-state index in [-0.39, 0.29) is 23.2 Å². The topological polar surface area (TPSA) is 102 Å². The largest absolute Gasteiger partial charge is 0.496 e. The van der Waals surface area contributed by atoms with Crippen molar-refractivity contribution < 1.29 is 19.6 Å². The number of hydrogen-bond acceptors (Lipinski definition) is 5. The van der Waals surface area contributed by atoms with Crippen LogP contribution in [0.4, 0.5) is 11.4 Å². The van der Waals surface area contributed by atoms with E-state index in [1.54, 1.807) is 6.07 Å². The maximum absolute atomic E-state index is 11.4. The van der Waals surface area contributed by atoms with Crippen molar-refractivity contribution in [2.45, 2.75) is 18.4 Å². The molecule has 0 unspecified atom stereocenters. The van der Waals surface area contributed by atoms with E-state index >= 15 is 0 Å². The SMILES string of the molecule is COc1cc2c(c([N+](=O)[O-])c1)N[C@H](C(=O)O)[C@@H]1CC=C[C@H]21. The predicted molar refractivity (Wildman–Crippen MR) is 74.7 cm³/mol. The third-order valence-electron chi connectivity index (χ3n) is 4.12. The molecule has 3 atom stereocenters. The minimum atomic E-state index is -0.996. The molecule has 3 rings (SSSR count). The maximum Gasteiger partial charge on any atom is 0.326 e. The quantitative estimate of drug-likeness (QED) is 0.502. The zero-order valence-electron chi connectivity index (χ0n) is 11.3. The summed E-state index contributed by atoms with van der Waals surface area (Å²) in [6.45, 7) is 0. The summed E-state index contributed by atoms with van der Waals surface area (Å²) in [5.74, 6) is -0.877. The molecular formula is C14H14N2O5. The Hall–Kier alpha value is -2.57. The highest BCUT2D eigenvalue weighted by atomic mass is 16.6. The highest BCUT2D eigenvalue weighted by molar-refractivity contribution is 5.83. The van der Waals surface area contributed by atoms with Gasteiger partial charge in [0.05, 0.1) is 18.1 Å². The molecule has 0 fully saturated rings. The number of methoxy groups -OCH3 is 1. The van der Waals surface area contributed by atoms with Gasteiger partial charge in [0.1, 0.15) is 17.5 Å². The van der Waals surface area contributed by atoms with E-state index in [2.05, 4.69) is 5.32 Å². The number of aliphatic carboxylic acids is 1. The minimum absolute atomic E-state index is 0.137. The first-order valence-electron chi connectivity index (χ1n) is 6.55. The lowest BCUT2D eigenvalue weighted by Crippen LogP contribution is -2.42. The van der Waals surface area contributed by atoms with Crippen LogP contribution in [0.1, 0.15) is 17.9 Å². The van der Waals surface area contributed by atoms with Gasteiger partial charge in [-0.25, -0.2) is 4.79 Å². The normalized spacial score (nSPS) is 25.7. The summed E-state index contributed by atoms with van der Waals surface area (Å²) in [4.78, 5) is 22.2. The number of hydrogen-bond donors (Lipinski definition) is 2. The van der Waals surface area contributed by atoms with E-state index in [9.17, 15) is 20.0 Å². The molecule has 0 amide bonds. The molecule has 0 spiro atoms. The maximum atomic E-state index is 11.4. The number of nitro groups is 1. The zero-order chi connectivity index (χ0) is 15.1. The van der Waals surface area contributed by atoms with E-state index in [1.807, 2.05) is 12.2 Å². The van der Waals surface area contributed by atoms with Crippen LogP contribution in [0.2, 0.25) is 0 Å². The number of carboxylic acids is 1. The number of allylic oxidation sites excluding steroid dienone is 2. The van der Waals surface area contributed by atoms with E-state index in [1.165, 1.54) is 13.2 Å². The zero-order valence-corrected chi connectivity index (χ0v) is 11.3. The number of ether oxygens (including phenoxy) is 1. The van der Waals surface area contributed by atoms with Crippen LogP contribution in [0.5, 0.6) is 5.75 Å². The molecule has 0 radical (unpaired) electrons. The van der Waals surface area contributed by atoms with Crippen LogP contribution < -0.4 is 10.1 Å². The molecule has 1 aliphatic heterocycles. The second-order valence-corrected chi connectivity index (χ2v) is 5.18. The fraction of sp³-hybridized carbons (Fsp3) is 0.357. The number of carbonyl (C=O) groups is 1. The van der Waals surface area contributed by atoms with Gasteiger partial charge in [0.25, 0.3) is 5.69 Å². The Labute approximate surface area is 120 Å². The summed E-state index contributed by atoms with van der Waals surface area (Å²) in [6.07, 6.45) is 4.48. The first-order valence-corrected chi connectivity index (χ1v) is 6.55. The highest BCUT2D eigenvalue weighted by Crippen LogP contribution is 2.49. The number of anilines is 1. The van der Waals surface area contributed by atoms with Crippen molar-refractivity contribution in [3.05, 3.63) is 40.0 Å². The Morgan fingerprint density at radius 2 is 2.29 bits per heavy atom. The summed E-state index contributed by atoms with van der Waals surface area (Å²) in [6, 6.07) is 2.22. The molecule has 0 bridgehead atoms. The van der Waals surface area contributed by atoms with E-state index in [0.29, 0.717) is 12.2 Å². The summed E-state index contributed by atoms with van der Waals surface area (Å²) < 4.78 is 5.12. The lowest BCUT2D eigenvalue weighted by Gasteiger charge is -2.34. The number of carboxylic acid groups (broad SMARTS) is 1. The van der Waals surface area contributed by atoms with Gasteiger partial charge in [-0.3, -0.25) is 10.1 Å². The molecule has 110 valence electrons. The van der Waals surface area contributed by atoms with Gasteiger partial charge in [0.15, 0.2) is 0 Å². The lowest BCUT2D eigenvalue weighted by atomic mass is 9.79. The van der Waals surface area contributed by atoms with Crippen molar-refractivity contribution >= 4 is 17.3 Å². The molecule has 1 aliphatic carbocycles. The van der Waals surface area contributed by atoms with Gasteiger partial charge in [0, 0.05) is 11.8 Å². The Kier molecular flexibility index (Phi) is 3.04. The Morgan fingerprint density at radius 3 is 2.90 bits per heavy atom. The van der Waals surface area contributed by atoms with E-state index < -0.39 is 16.9 Å². The van der Waals surface area contributed by atoms with Crippen molar-refractivity contribution in [3.8, 4) is 5.75 Å². The van der Waals surface area contributed by atoms with Crippen LogP contribution in [0.15, 0.2) is 24.3 Å². The van der Waals surface area contributed by atoms with Crippen LogP contribution in [0.3, 0.4) is 0 Å². The molecular weight excluding hydrogens is 276 g/mol. The smallest absolute Gasteiger partial charge is 0.326 e. The molecule has 2 aliphatic rings. The fourth-order valence-corrected chi connectivity index (χ4v) is 3.16. The number of fused-ring (bicyclic) bond motifs is 3. The van der Waals surface area contributed by atoms with Crippen molar-refractivity contribution in [1.29, 1.82) is 0 Å². The number of rotatable bonds is 3. The standard InChI is InChI=1S/C14H14N2O5/c1-21-7-5-10-8-3-2-4-9(8)13(14(17)18)15-12(10)11(6-7)16(19)20/h2-3,5-6,8-9,13,15H,4H2,1H3,(H,17,18)/t8-,9+,13-/m0/s1. The van der Waals surface area contributed by atoms with E-state index in [0.717, 1.165) is 5.56 Å². The lowest BCUT2D eigenvalue weighted by molar-refractivity contribution is -0.384. The third-order valence-corrected chi connectivity index (χ3v) is 4.12. The molecule has 21 heavy (non-hydrogen) atoms. The Morgan fingerprint density at radius 1 is 1.52 bits per heavy atom. The molecule has 1 aromatic rings. The van der Waals surface area contributed by atoms with Gasteiger partial charge in [-0.05, 0) is 18.1 Å². The van der Waals surface area contributed by atoms with Crippen LogP contribution in [0.25, 0.3) is 0 Å². The van der Waals surface area contributed by atoms with Crippen LogP contribution >= 0.6 is 0 Å². The molecule has 0 saturated carbocycles. The van der Waals surface area contributed by atoms with Crippen molar-refractivity contribution in [3.63, 3.8) is 0 Å². The summed E-state index contributed by atoms with van der Waals surface area (Å²) in [5, 5.41) is 23.4. The Balaban J connectivity index is 2.19. The third kappa shape index (κ3) is 2.01. The second-order valence-electron chi connectivity index (χ2n) is 5.18. The molecule has 7 nitrogen and oxygen atoms in total. The van der Waals surface area contributed by atoms with Crippen molar-refractivity contribution in [1.82, 2.24) is 0 Å². The first kappa shape index (κ1) is 13.4. The fourth-order valence-electron chi connectivity index (χ4n) is 3.16. The van der Waals surface area contributed by atoms with Gasteiger partial charge in [-0.15, -0.1) is 0 Å². The second kappa shape index (κ2) is 4.76. The van der Waals surface area contributed by atoms with E-state index in [4.69, 9.17) is 4.74 Å².